The smallest absolute Gasteiger partial charge is 0.164 e. The third-order valence-electron chi connectivity index (χ3n) is 11.0. The Hall–Kier alpha value is -7.94. The Balaban J connectivity index is 1.07. The van der Waals surface area contributed by atoms with E-state index in [-0.39, 0.29) is 0 Å². The predicted octanol–water partition coefficient (Wildman–Crippen LogP) is 13.4. The zero-order chi connectivity index (χ0) is 37.9. The molecule has 0 spiro atoms. The van der Waals surface area contributed by atoms with E-state index < -0.39 is 0 Å². The number of para-hydroxylation sites is 1. The van der Waals surface area contributed by atoms with Gasteiger partial charge in [0, 0.05) is 38.2 Å². The SMILES string of the molecule is N#Cc1ccc(-c2ccc(-c3ccc4c5ccc(-c6nc(-c7ccccc7)nc(-c7ccccc7)n6)cc5c5oc6ccccc6c5c4c3)cc2)c2ccccc12. The highest BCUT2D eigenvalue weighted by Gasteiger charge is 2.19. The van der Waals surface area contributed by atoms with Crippen molar-refractivity contribution in [3.05, 3.63) is 188 Å². The van der Waals surface area contributed by atoms with Gasteiger partial charge < -0.3 is 4.42 Å². The topological polar surface area (TPSA) is 75.6 Å². The molecule has 264 valence electrons. The maximum atomic E-state index is 9.69. The first-order valence-corrected chi connectivity index (χ1v) is 18.9. The number of aromatic nitrogens is 3. The molecule has 0 saturated carbocycles. The van der Waals surface area contributed by atoms with Gasteiger partial charge in [0.05, 0.1) is 11.6 Å². The summed E-state index contributed by atoms with van der Waals surface area (Å²) in [4.78, 5) is 14.9. The van der Waals surface area contributed by atoms with Crippen molar-refractivity contribution in [1.82, 2.24) is 15.0 Å². The largest absolute Gasteiger partial charge is 0.455 e. The third-order valence-corrected chi connectivity index (χ3v) is 11.0. The summed E-state index contributed by atoms with van der Waals surface area (Å²) in [6.45, 7) is 0. The molecule has 0 atom stereocenters. The monoisotopic (exact) mass is 726 g/mol. The van der Waals surface area contributed by atoms with Crippen LogP contribution in [-0.2, 0) is 0 Å². The molecule has 2 heterocycles. The summed E-state index contributed by atoms with van der Waals surface area (Å²) in [5.74, 6) is 1.84. The molecule has 0 aliphatic heterocycles. The van der Waals surface area contributed by atoms with Crippen LogP contribution in [0.3, 0.4) is 0 Å². The molecule has 0 amide bonds. The third kappa shape index (κ3) is 5.43. The summed E-state index contributed by atoms with van der Waals surface area (Å²) in [6, 6.07) is 64.7. The summed E-state index contributed by atoms with van der Waals surface area (Å²) in [7, 11) is 0. The summed E-state index contributed by atoms with van der Waals surface area (Å²) in [5.41, 5.74) is 9.55. The van der Waals surface area contributed by atoms with Gasteiger partial charge in [-0.25, -0.2) is 15.0 Å². The Morgan fingerprint density at radius 3 is 1.58 bits per heavy atom. The minimum absolute atomic E-state index is 0.599. The van der Waals surface area contributed by atoms with Crippen LogP contribution in [0.15, 0.2) is 186 Å². The van der Waals surface area contributed by atoms with E-state index >= 15 is 0 Å². The van der Waals surface area contributed by atoms with Crippen LogP contribution in [0.1, 0.15) is 5.56 Å². The highest BCUT2D eigenvalue weighted by Crippen LogP contribution is 2.43. The lowest BCUT2D eigenvalue weighted by molar-refractivity contribution is 0.673. The Morgan fingerprint density at radius 1 is 0.368 bits per heavy atom. The van der Waals surface area contributed by atoms with Crippen molar-refractivity contribution in [3.8, 4) is 62.5 Å². The van der Waals surface area contributed by atoms with Crippen LogP contribution < -0.4 is 0 Å². The Morgan fingerprint density at radius 2 is 0.895 bits per heavy atom. The maximum Gasteiger partial charge on any atom is 0.164 e. The van der Waals surface area contributed by atoms with Crippen molar-refractivity contribution in [3.63, 3.8) is 0 Å². The van der Waals surface area contributed by atoms with E-state index in [1.807, 2.05) is 103 Å². The van der Waals surface area contributed by atoms with Crippen LogP contribution in [0.25, 0.3) is 111 Å². The van der Waals surface area contributed by atoms with Crippen molar-refractivity contribution in [2.45, 2.75) is 0 Å². The van der Waals surface area contributed by atoms with Crippen molar-refractivity contribution < 1.29 is 4.42 Å². The van der Waals surface area contributed by atoms with Crippen LogP contribution >= 0.6 is 0 Å². The molecule has 0 radical (unpaired) electrons. The number of rotatable bonds is 5. The Bertz CT molecular complexity index is 3340. The molecule has 0 fully saturated rings. The number of benzene rings is 9. The minimum atomic E-state index is 0.599. The first-order valence-electron chi connectivity index (χ1n) is 18.9. The van der Waals surface area contributed by atoms with Gasteiger partial charge in [0.15, 0.2) is 17.5 Å². The zero-order valence-electron chi connectivity index (χ0n) is 30.5. The first kappa shape index (κ1) is 32.5. The molecule has 57 heavy (non-hydrogen) atoms. The van der Waals surface area contributed by atoms with Gasteiger partial charge in [0.2, 0.25) is 0 Å². The summed E-state index contributed by atoms with van der Waals surface area (Å²) >= 11 is 0. The van der Waals surface area contributed by atoms with E-state index in [0.29, 0.717) is 23.0 Å². The summed E-state index contributed by atoms with van der Waals surface area (Å²) in [6.07, 6.45) is 0. The molecular formula is C52H30N4O. The van der Waals surface area contributed by atoms with Crippen LogP contribution in [0.4, 0.5) is 0 Å². The maximum absolute atomic E-state index is 9.69. The van der Waals surface area contributed by atoms with Crippen molar-refractivity contribution in [1.29, 1.82) is 5.26 Å². The van der Waals surface area contributed by atoms with Crippen LogP contribution in [0, 0.1) is 11.3 Å². The Kier molecular flexibility index (Phi) is 7.48. The van der Waals surface area contributed by atoms with E-state index in [4.69, 9.17) is 19.4 Å². The van der Waals surface area contributed by atoms with Crippen molar-refractivity contribution >= 4 is 54.3 Å². The first-order chi connectivity index (χ1) is 28.2. The number of furan rings is 1. The lowest BCUT2D eigenvalue weighted by atomic mass is 9.91. The molecule has 2 aromatic heterocycles. The van der Waals surface area contributed by atoms with E-state index in [2.05, 4.69) is 84.9 Å². The highest BCUT2D eigenvalue weighted by molar-refractivity contribution is 6.30. The van der Waals surface area contributed by atoms with Gasteiger partial charge in [-0.2, -0.15) is 5.26 Å². The average Bonchev–Trinajstić information content (AvgIpc) is 3.69. The van der Waals surface area contributed by atoms with Gasteiger partial charge in [-0.05, 0) is 68.1 Å². The van der Waals surface area contributed by atoms with Crippen LogP contribution in [0.5, 0.6) is 0 Å². The molecular weight excluding hydrogens is 697 g/mol. The van der Waals surface area contributed by atoms with E-state index in [1.165, 1.54) is 0 Å². The summed E-state index contributed by atoms with van der Waals surface area (Å²) < 4.78 is 6.74. The average molecular weight is 727 g/mol. The number of hydrogen-bond donors (Lipinski definition) is 0. The molecule has 11 aromatic rings. The van der Waals surface area contributed by atoms with Gasteiger partial charge in [0.1, 0.15) is 11.2 Å². The molecule has 0 aliphatic rings. The molecule has 0 saturated heterocycles. The number of fused-ring (bicyclic) bond motifs is 9. The molecule has 5 nitrogen and oxygen atoms in total. The normalized spacial score (nSPS) is 11.5. The van der Waals surface area contributed by atoms with Gasteiger partial charge in [-0.1, -0.05) is 158 Å². The van der Waals surface area contributed by atoms with Gasteiger partial charge in [-0.15, -0.1) is 0 Å². The lowest BCUT2D eigenvalue weighted by Gasteiger charge is -2.12. The number of hydrogen-bond acceptors (Lipinski definition) is 5. The van der Waals surface area contributed by atoms with Crippen molar-refractivity contribution in [2.75, 3.05) is 0 Å². The van der Waals surface area contributed by atoms with Crippen LogP contribution in [-0.4, -0.2) is 15.0 Å². The highest BCUT2D eigenvalue weighted by atomic mass is 16.3. The van der Waals surface area contributed by atoms with Crippen molar-refractivity contribution in [2.24, 2.45) is 0 Å². The van der Waals surface area contributed by atoms with E-state index in [9.17, 15) is 5.26 Å². The number of nitriles is 1. The fourth-order valence-electron chi connectivity index (χ4n) is 8.20. The molecule has 9 aromatic carbocycles. The van der Waals surface area contributed by atoms with Crippen LogP contribution in [0.2, 0.25) is 0 Å². The second kappa shape index (κ2) is 13.1. The van der Waals surface area contributed by atoms with Gasteiger partial charge in [-0.3, -0.25) is 0 Å². The molecule has 0 aliphatic carbocycles. The second-order valence-electron chi connectivity index (χ2n) is 14.3. The predicted molar refractivity (Wildman–Crippen MR) is 232 cm³/mol. The van der Waals surface area contributed by atoms with E-state index in [0.717, 1.165) is 93.2 Å². The summed E-state index contributed by atoms with van der Waals surface area (Å²) in [5, 5.41) is 18.3. The molecule has 0 unspecified atom stereocenters. The standard InChI is InChI=1S/C52H30N4O/c53-31-38-25-26-40(41-16-8-7-15-39(38)41)33-21-19-32(20-22-33)36-23-27-42-43-28-24-37(30-46(43)49-48(45(42)29-36)44-17-9-10-18-47(44)57-49)52-55-50(34-11-3-1-4-12-34)54-51(56-52)35-13-5-2-6-14-35/h1-30H. The zero-order valence-corrected chi connectivity index (χ0v) is 30.5. The minimum Gasteiger partial charge on any atom is -0.455 e. The van der Waals surface area contributed by atoms with Gasteiger partial charge >= 0.3 is 0 Å². The molecule has 0 bridgehead atoms. The fourth-order valence-corrected chi connectivity index (χ4v) is 8.20. The second-order valence-corrected chi connectivity index (χ2v) is 14.3. The lowest BCUT2D eigenvalue weighted by Crippen LogP contribution is -2.00. The fraction of sp³-hybridized carbons (Fsp3) is 0. The molecule has 5 heteroatoms. The Labute approximate surface area is 327 Å². The van der Waals surface area contributed by atoms with E-state index in [1.54, 1.807) is 0 Å². The quantitative estimate of drug-likeness (QED) is 0.165. The van der Waals surface area contributed by atoms with Gasteiger partial charge in [0.25, 0.3) is 0 Å². The molecule has 0 N–H and O–H groups in total. The molecule has 11 rings (SSSR count). The number of nitrogens with zero attached hydrogens (tertiary/aromatic N) is 4.